The molecule has 1 amide bonds. The topological polar surface area (TPSA) is 36.0 Å². The van der Waals surface area contributed by atoms with Gasteiger partial charge in [0, 0.05) is 39.9 Å². The zero-order valence-electron chi connectivity index (χ0n) is 13.7. The molecule has 0 radical (unpaired) electrons. The summed E-state index contributed by atoms with van der Waals surface area (Å²) in [5.74, 6) is 0.356. The van der Waals surface area contributed by atoms with Gasteiger partial charge in [-0.3, -0.25) is 14.6 Å². The lowest BCUT2D eigenvalue weighted by atomic mass is 10.1. The summed E-state index contributed by atoms with van der Waals surface area (Å²) >= 11 is 0. The van der Waals surface area contributed by atoms with Crippen molar-refractivity contribution in [1.29, 1.82) is 0 Å². The van der Waals surface area contributed by atoms with E-state index in [9.17, 15) is 4.79 Å². The fourth-order valence-electron chi connectivity index (χ4n) is 3.38. The van der Waals surface area contributed by atoms with Crippen molar-refractivity contribution in [1.82, 2.24) is 14.7 Å². The van der Waals surface area contributed by atoms with Crippen molar-refractivity contribution in [3.63, 3.8) is 0 Å². The first kappa shape index (κ1) is 16.7. The van der Waals surface area contributed by atoms with Crippen molar-refractivity contribution >= 4 is 5.91 Å². The van der Waals surface area contributed by atoms with Gasteiger partial charge in [0.25, 0.3) is 0 Å². The van der Waals surface area contributed by atoms with Gasteiger partial charge < -0.3 is 9.64 Å². The van der Waals surface area contributed by atoms with Gasteiger partial charge in [-0.25, -0.2) is 0 Å². The number of amides is 1. The highest BCUT2D eigenvalue weighted by Gasteiger charge is 2.32. The molecule has 2 aliphatic heterocycles. The van der Waals surface area contributed by atoms with Crippen molar-refractivity contribution in [2.75, 3.05) is 60.0 Å². The van der Waals surface area contributed by atoms with Gasteiger partial charge in [0.05, 0.1) is 6.04 Å². The molecule has 2 aliphatic rings. The molecule has 2 rings (SSSR count). The fourth-order valence-corrected chi connectivity index (χ4v) is 3.38. The Kier molecular flexibility index (Phi) is 6.93. The maximum Gasteiger partial charge on any atom is 0.240 e. The zero-order chi connectivity index (χ0) is 15.1. The lowest BCUT2D eigenvalue weighted by Crippen LogP contribution is -2.53. The molecular weight excluding hydrogens is 266 g/mol. The summed E-state index contributed by atoms with van der Waals surface area (Å²) in [7, 11) is 3.84. The zero-order valence-corrected chi connectivity index (χ0v) is 13.7. The highest BCUT2D eigenvalue weighted by molar-refractivity contribution is 5.82. The number of hydrogen-bond donors (Lipinski definition) is 0. The third-order valence-electron chi connectivity index (χ3n) is 4.81. The number of ether oxygens (including phenoxy) is 1. The fraction of sp³-hybridized carbons (Fsp3) is 0.938. The molecule has 0 aromatic heterocycles. The van der Waals surface area contributed by atoms with Crippen LogP contribution < -0.4 is 0 Å². The Morgan fingerprint density at radius 1 is 1.10 bits per heavy atom. The van der Waals surface area contributed by atoms with Gasteiger partial charge in [0.15, 0.2) is 0 Å². The average Bonchev–Trinajstić information content (AvgIpc) is 2.93. The summed E-state index contributed by atoms with van der Waals surface area (Å²) in [6.45, 7) is 6.98. The monoisotopic (exact) mass is 297 g/mol. The van der Waals surface area contributed by atoms with E-state index in [2.05, 4.69) is 21.7 Å². The van der Waals surface area contributed by atoms with Crippen LogP contribution >= 0.6 is 0 Å². The minimum atomic E-state index is 0.144. The molecule has 0 aliphatic carbocycles. The molecule has 2 fully saturated rings. The van der Waals surface area contributed by atoms with Gasteiger partial charge >= 0.3 is 0 Å². The van der Waals surface area contributed by atoms with Crippen molar-refractivity contribution in [3.8, 4) is 0 Å². The highest BCUT2D eigenvalue weighted by Crippen LogP contribution is 2.18. The smallest absolute Gasteiger partial charge is 0.240 e. The first-order valence-electron chi connectivity index (χ1n) is 8.42. The molecule has 21 heavy (non-hydrogen) atoms. The molecule has 2 saturated heterocycles. The third-order valence-corrected chi connectivity index (χ3v) is 4.81. The number of methoxy groups -OCH3 is 1. The molecule has 0 N–H and O–H groups in total. The van der Waals surface area contributed by atoms with Crippen molar-refractivity contribution < 1.29 is 9.53 Å². The molecular formula is C16H31N3O2. The summed E-state index contributed by atoms with van der Waals surface area (Å²) in [6, 6.07) is 0.144. The molecule has 5 nitrogen and oxygen atoms in total. The van der Waals surface area contributed by atoms with Crippen molar-refractivity contribution in [2.24, 2.45) is 0 Å². The number of piperazine rings is 1. The Hall–Kier alpha value is -0.650. The van der Waals surface area contributed by atoms with Crippen molar-refractivity contribution in [2.45, 2.75) is 38.1 Å². The minimum Gasteiger partial charge on any atom is -0.385 e. The Morgan fingerprint density at radius 2 is 1.86 bits per heavy atom. The summed E-state index contributed by atoms with van der Waals surface area (Å²) in [5, 5.41) is 0. The normalized spacial score (nSPS) is 24.7. The Balaban J connectivity index is 1.62. The molecule has 5 heteroatoms. The molecule has 0 spiro atoms. The second-order valence-corrected chi connectivity index (χ2v) is 6.36. The second-order valence-electron chi connectivity index (χ2n) is 6.36. The molecule has 1 atom stereocenters. The summed E-state index contributed by atoms with van der Waals surface area (Å²) < 4.78 is 5.07. The first-order valence-corrected chi connectivity index (χ1v) is 8.42. The van der Waals surface area contributed by atoms with E-state index < -0.39 is 0 Å². The summed E-state index contributed by atoms with van der Waals surface area (Å²) in [4.78, 5) is 19.3. The summed E-state index contributed by atoms with van der Waals surface area (Å²) in [5.41, 5.74) is 0. The Bertz CT molecular complexity index is 317. The van der Waals surface area contributed by atoms with E-state index in [4.69, 9.17) is 4.74 Å². The van der Waals surface area contributed by atoms with Crippen molar-refractivity contribution in [3.05, 3.63) is 0 Å². The SMILES string of the molecule is COCCCCCN1CCN(C(=O)[C@H]2CCCN2C)CC1. The van der Waals surface area contributed by atoms with E-state index in [1.54, 1.807) is 7.11 Å². The number of likely N-dealkylation sites (N-methyl/N-ethyl adjacent to an activating group) is 1. The quantitative estimate of drug-likeness (QED) is 0.658. The van der Waals surface area contributed by atoms with Gasteiger partial charge in [-0.1, -0.05) is 0 Å². The van der Waals surface area contributed by atoms with Crippen LogP contribution in [0.5, 0.6) is 0 Å². The molecule has 0 aromatic rings. The second kappa shape index (κ2) is 8.71. The molecule has 0 unspecified atom stereocenters. The standard InChI is InChI=1S/C16H31N3O2/c1-17-8-6-7-15(17)16(20)19-12-10-18(11-13-19)9-4-3-5-14-21-2/h15H,3-14H2,1-2H3/t15-/m1/s1. The van der Waals surface area contributed by atoms with E-state index in [0.717, 1.165) is 65.1 Å². The van der Waals surface area contributed by atoms with Gasteiger partial charge in [0.2, 0.25) is 5.91 Å². The lowest BCUT2D eigenvalue weighted by Gasteiger charge is -2.36. The molecule has 0 aromatic carbocycles. The van der Waals surface area contributed by atoms with Crippen LogP contribution in [-0.2, 0) is 9.53 Å². The van der Waals surface area contributed by atoms with Crippen LogP contribution in [0.1, 0.15) is 32.1 Å². The molecule has 122 valence electrons. The Labute approximate surface area is 129 Å². The maximum atomic E-state index is 12.5. The first-order chi connectivity index (χ1) is 10.2. The predicted molar refractivity (Wildman–Crippen MR) is 84.4 cm³/mol. The van der Waals surface area contributed by atoms with Crippen LogP contribution in [0.3, 0.4) is 0 Å². The number of carbonyl (C=O) groups excluding carboxylic acids is 1. The van der Waals surface area contributed by atoms with Gasteiger partial charge in [-0.05, 0) is 52.2 Å². The number of hydrogen-bond acceptors (Lipinski definition) is 4. The Morgan fingerprint density at radius 3 is 2.48 bits per heavy atom. The van der Waals surface area contributed by atoms with E-state index >= 15 is 0 Å². The van der Waals surface area contributed by atoms with Gasteiger partial charge in [-0.15, -0.1) is 0 Å². The number of rotatable bonds is 7. The lowest BCUT2D eigenvalue weighted by molar-refractivity contribution is -0.137. The van der Waals surface area contributed by atoms with E-state index in [1.807, 2.05) is 0 Å². The van der Waals surface area contributed by atoms with E-state index in [-0.39, 0.29) is 6.04 Å². The van der Waals surface area contributed by atoms with Crippen LogP contribution in [0, 0.1) is 0 Å². The van der Waals surface area contributed by atoms with Crippen LogP contribution in [0.4, 0.5) is 0 Å². The van der Waals surface area contributed by atoms with E-state index in [0.29, 0.717) is 5.91 Å². The third kappa shape index (κ3) is 4.94. The van der Waals surface area contributed by atoms with Crippen LogP contribution in [0.2, 0.25) is 0 Å². The number of nitrogens with zero attached hydrogens (tertiary/aromatic N) is 3. The average molecular weight is 297 g/mol. The maximum absolute atomic E-state index is 12.5. The molecule has 2 heterocycles. The molecule has 0 saturated carbocycles. The van der Waals surface area contributed by atoms with Gasteiger partial charge in [-0.2, -0.15) is 0 Å². The van der Waals surface area contributed by atoms with Crippen LogP contribution in [0.25, 0.3) is 0 Å². The minimum absolute atomic E-state index is 0.144. The number of likely N-dealkylation sites (tertiary alicyclic amines) is 1. The van der Waals surface area contributed by atoms with Crippen LogP contribution in [0.15, 0.2) is 0 Å². The largest absolute Gasteiger partial charge is 0.385 e. The van der Waals surface area contributed by atoms with E-state index in [1.165, 1.54) is 12.8 Å². The highest BCUT2D eigenvalue weighted by atomic mass is 16.5. The molecule has 0 bridgehead atoms. The van der Waals surface area contributed by atoms with Crippen LogP contribution in [-0.4, -0.2) is 86.7 Å². The summed E-state index contributed by atoms with van der Waals surface area (Å²) in [6.07, 6.45) is 5.83. The van der Waals surface area contributed by atoms with Gasteiger partial charge in [0.1, 0.15) is 0 Å². The number of carbonyl (C=O) groups is 1. The predicted octanol–water partition coefficient (Wildman–Crippen LogP) is 1.04. The number of unbranched alkanes of at least 4 members (excludes halogenated alkanes) is 2.